The minimum Gasteiger partial charge on any atom is -0.440 e. The number of rotatable bonds is 2. The van der Waals surface area contributed by atoms with Crippen LogP contribution in [0.1, 0.15) is 23.8 Å². The Labute approximate surface area is 109 Å². The third-order valence-corrected chi connectivity index (χ3v) is 3.57. The maximum absolute atomic E-state index is 5.73. The molecule has 0 spiro atoms. The van der Waals surface area contributed by atoms with E-state index in [9.17, 15) is 0 Å². The molecule has 0 bridgehead atoms. The van der Waals surface area contributed by atoms with Gasteiger partial charge in [-0.15, -0.1) is 0 Å². The number of benzene rings is 1. The van der Waals surface area contributed by atoms with Crippen molar-refractivity contribution in [1.29, 1.82) is 0 Å². The van der Waals surface area contributed by atoms with Crippen molar-refractivity contribution in [2.24, 2.45) is 0 Å². The van der Waals surface area contributed by atoms with Crippen LogP contribution in [-0.2, 0) is 6.42 Å². The quantitative estimate of drug-likeness (QED) is 0.776. The van der Waals surface area contributed by atoms with Crippen LogP contribution in [-0.4, -0.2) is 4.98 Å². The Morgan fingerprint density at radius 1 is 1.25 bits per heavy atom. The molecule has 2 rings (SSSR count). The van der Waals surface area contributed by atoms with E-state index < -0.39 is 0 Å². The highest BCUT2D eigenvalue weighted by molar-refractivity contribution is 14.1. The average Bonchev–Trinajstić information content (AvgIpc) is 2.64. The summed E-state index contributed by atoms with van der Waals surface area (Å²) in [7, 11) is 0. The molecule has 0 aliphatic heterocycles. The summed E-state index contributed by atoms with van der Waals surface area (Å²) in [6, 6.07) is 6.29. The van der Waals surface area contributed by atoms with Crippen molar-refractivity contribution in [2.45, 2.75) is 27.2 Å². The smallest absolute Gasteiger partial charge is 0.227 e. The molecule has 0 amide bonds. The molecule has 0 aliphatic carbocycles. The van der Waals surface area contributed by atoms with Crippen LogP contribution < -0.4 is 0 Å². The Morgan fingerprint density at radius 3 is 2.56 bits per heavy atom. The summed E-state index contributed by atoms with van der Waals surface area (Å²) in [6.07, 6.45) is 0.885. The summed E-state index contributed by atoms with van der Waals surface area (Å²) in [6.45, 7) is 6.29. The fourth-order valence-corrected chi connectivity index (χ4v) is 2.26. The second-order valence-corrected chi connectivity index (χ2v) is 4.91. The minimum absolute atomic E-state index is 0.726. The van der Waals surface area contributed by atoms with Crippen molar-refractivity contribution >= 4 is 22.6 Å². The highest BCUT2D eigenvalue weighted by atomic mass is 127. The van der Waals surface area contributed by atoms with Crippen molar-refractivity contribution in [3.05, 3.63) is 38.8 Å². The van der Waals surface area contributed by atoms with Gasteiger partial charge in [0.05, 0.1) is 0 Å². The van der Waals surface area contributed by atoms with E-state index in [-0.39, 0.29) is 0 Å². The maximum atomic E-state index is 5.73. The zero-order valence-corrected chi connectivity index (χ0v) is 11.8. The fraction of sp³-hybridized carbons (Fsp3) is 0.308. The lowest BCUT2D eigenvalue weighted by Gasteiger charge is -2.01. The highest BCUT2D eigenvalue weighted by Gasteiger charge is 2.11. The van der Waals surface area contributed by atoms with Gasteiger partial charge in [-0.25, -0.2) is 4.98 Å². The molecule has 0 saturated heterocycles. The van der Waals surface area contributed by atoms with Crippen LogP contribution in [0.3, 0.4) is 0 Å². The first-order valence-corrected chi connectivity index (χ1v) is 6.42. The van der Waals surface area contributed by atoms with Gasteiger partial charge in [0.1, 0.15) is 9.46 Å². The predicted octanol–water partition coefficient (Wildman–Crippen LogP) is 4.13. The normalized spacial score (nSPS) is 10.8. The standard InChI is InChI=1S/C13H14INO/c1-4-11-12(14)15-13(16-11)10-6-5-8(2)9(3)7-10/h5-7H,4H2,1-3H3. The van der Waals surface area contributed by atoms with Crippen molar-refractivity contribution in [2.75, 3.05) is 0 Å². The molecule has 1 heterocycles. The molecular formula is C13H14INO. The molecule has 0 unspecified atom stereocenters. The zero-order valence-electron chi connectivity index (χ0n) is 9.67. The number of halogens is 1. The Balaban J connectivity index is 2.46. The molecule has 0 atom stereocenters. The Morgan fingerprint density at radius 2 is 2.00 bits per heavy atom. The van der Waals surface area contributed by atoms with E-state index in [1.807, 2.05) is 0 Å². The molecule has 0 aliphatic rings. The predicted molar refractivity (Wildman–Crippen MR) is 73.5 cm³/mol. The van der Waals surface area contributed by atoms with Gasteiger partial charge in [-0.05, 0) is 59.7 Å². The van der Waals surface area contributed by atoms with E-state index >= 15 is 0 Å². The van der Waals surface area contributed by atoms with Crippen LogP contribution >= 0.6 is 22.6 Å². The third kappa shape index (κ3) is 2.14. The number of aryl methyl sites for hydroxylation is 3. The van der Waals surface area contributed by atoms with E-state index in [0.29, 0.717) is 0 Å². The highest BCUT2D eigenvalue weighted by Crippen LogP contribution is 2.25. The Bertz CT molecular complexity index is 517. The molecule has 1 aromatic carbocycles. The Kier molecular flexibility index (Phi) is 3.33. The van der Waals surface area contributed by atoms with Gasteiger partial charge >= 0.3 is 0 Å². The first-order valence-electron chi connectivity index (χ1n) is 5.34. The van der Waals surface area contributed by atoms with Crippen LogP contribution in [0.5, 0.6) is 0 Å². The Hall–Kier alpha value is -0.840. The minimum atomic E-state index is 0.726. The van der Waals surface area contributed by atoms with Crippen LogP contribution in [0.25, 0.3) is 11.5 Å². The molecule has 16 heavy (non-hydrogen) atoms. The second-order valence-electron chi connectivity index (χ2n) is 3.89. The van der Waals surface area contributed by atoms with Gasteiger partial charge < -0.3 is 4.42 Å². The number of aromatic nitrogens is 1. The second kappa shape index (κ2) is 4.57. The van der Waals surface area contributed by atoms with E-state index in [4.69, 9.17) is 4.42 Å². The number of hydrogen-bond donors (Lipinski definition) is 0. The van der Waals surface area contributed by atoms with Gasteiger partial charge in [0, 0.05) is 12.0 Å². The van der Waals surface area contributed by atoms with Gasteiger partial charge in [-0.2, -0.15) is 0 Å². The lowest BCUT2D eigenvalue weighted by atomic mass is 10.1. The largest absolute Gasteiger partial charge is 0.440 e. The number of nitrogens with zero attached hydrogens (tertiary/aromatic N) is 1. The van der Waals surface area contributed by atoms with Crippen molar-refractivity contribution in [3.8, 4) is 11.5 Å². The van der Waals surface area contributed by atoms with Crippen LogP contribution in [0.15, 0.2) is 22.6 Å². The van der Waals surface area contributed by atoms with Gasteiger partial charge in [0.15, 0.2) is 0 Å². The lowest BCUT2D eigenvalue weighted by molar-refractivity contribution is 0.522. The summed E-state index contributed by atoms with van der Waals surface area (Å²) < 4.78 is 6.69. The summed E-state index contributed by atoms with van der Waals surface area (Å²) in [4.78, 5) is 4.44. The molecule has 0 radical (unpaired) electrons. The summed E-state index contributed by atoms with van der Waals surface area (Å²) in [5, 5.41) is 0. The molecule has 1 aromatic heterocycles. The van der Waals surface area contributed by atoms with Gasteiger partial charge in [-0.3, -0.25) is 0 Å². The molecule has 3 heteroatoms. The van der Waals surface area contributed by atoms with E-state index in [1.165, 1.54) is 11.1 Å². The lowest BCUT2D eigenvalue weighted by Crippen LogP contribution is -1.83. The number of hydrogen-bond acceptors (Lipinski definition) is 2. The van der Waals surface area contributed by atoms with Gasteiger partial charge in [0.2, 0.25) is 5.89 Å². The molecule has 2 aromatic rings. The molecule has 0 fully saturated rings. The van der Waals surface area contributed by atoms with Crippen molar-refractivity contribution in [3.63, 3.8) is 0 Å². The first kappa shape index (κ1) is 11.6. The zero-order chi connectivity index (χ0) is 11.7. The average molecular weight is 327 g/mol. The van der Waals surface area contributed by atoms with E-state index in [2.05, 4.69) is 66.5 Å². The van der Waals surface area contributed by atoms with Crippen LogP contribution in [0, 0.1) is 17.5 Å². The monoisotopic (exact) mass is 327 g/mol. The third-order valence-electron chi connectivity index (χ3n) is 2.72. The van der Waals surface area contributed by atoms with Crippen LogP contribution in [0.2, 0.25) is 0 Å². The number of oxazole rings is 1. The topological polar surface area (TPSA) is 26.0 Å². The molecule has 84 valence electrons. The maximum Gasteiger partial charge on any atom is 0.227 e. The van der Waals surface area contributed by atoms with Gasteiger partial charge in [-0.1, -0.05) is 13.0 Å². The fourth-order valence-electron chi connectivity index (χ4n) is 1.55. The molecule has 2 nitrogen and oxygen atoms in total. The summed E-state index contributed by atoms with van der Waals surface area (Å²) in [5.74, 6) is 1.69. The molecule has 0 saturated carbocycles. The van der Waals surface area contributed by atoms with Crippen molar-refractivity contribution < 1.29 is 4.42 Å². The van der Waals surface area contributed by atoms with Crippen molar-refractivity contribution in [1.82, 2.24) is 4.98 Å². The summed E-state index contributed by atoms with van der Waals surface area (Å²) >= 11 is 2.22. The first-order chi connectivity index (χ1) is 7.61. The van der Waals surface area contributed by atoms with E-state index in [0.717, 1.165) is 27.3 Å². The summed E-state index contributed by atoms with van der Waals surface area (Å²) in [5.41, 5.74) is 3.62. The molecular weight excluding hydrogens is 313 g/mol. The SMILES string of the molecule is CCc1oc(-c2ccc(C)c(C)c2)nc1I. The van der Waals surface area contributed by atoms with E-state index in [1.54, 1.807) is 0 Å². The van der Waals surface area contributed by atoms with Gasteiger partial charge in [0.25, 0.3) is 0 Å². The van der Waals surface area contributed by atoms with Crippen LogP contribution in [0.4, 0.5) is 0 Å². The molecule has 0 N–H and O–H groups in total.